The quantitative estimate of drug-likeness (QED) is 0.288. The molecule has 1 N–H and O–H groups in total. The normalized spacial score (nSPS) is 17.2. The van der Waals surface area contributed by atoms with Crippen LogP contribution in [0.2, 0.25) is 0 Å². The lowest BCUT2D eigenvalue weighted by molar-refractivity contribution is -0.139. The van der Waals surface area contributed by atoms with Crippen LogP contribution >= 0.6 is 0 Å². The van der Waals surface area contributed by atoms with Crippen LogP contribution in [-0.2, 0) is 16.2 Å². The third kappa shape index (κ3) is 5.58. The SMILES string of the molecule is CN(C)CCCN1C(=O)C(=O)/C(=C(/O)c2ccc(OCc3ccccc3)cc2)C1c1ccncc1. The van der Waals surface area contributed by atoms with Gasteiger partial charge >= 0.3 is 0 Å². The highest BCUT2D eigenvalue weighted by Gasteiger charge is 2.45. The molecule has 1 aromatic heterocycles. The van der Waals surface area contributed by atoms with Crippen molar-refractivity contribution >= 4 is 17.4 Å². The van der Waals surface area contributed by atoms with Crippen molar-refractivity contribution in [2.75, 3.05) is 27.2 Å². The number of rotatable bonds is 9. The smallest absolute Gasteiger partial charge is 0.295 e. The third-order valence-corrected chi connectivity index (χ3v) is 5.94. The standard InChI is InChI=1S/C28H29N3O4/c1-30(2)17-6-18-31-25(21-13-15-29-16-14-21)24(27(33)28(31)34)26(32)22-9-11-23(12-10-22)35-19-20-7-4-3-5-8-20/h3-5,7-16,25,32H,6,17-19H2,1-2H3/b26-24+. The molecule has 1 unspecified atom stereocenters. The molecule has 0 saturated carbocycles. The molecule has 1 fully saturated rings. The molecule has 0 bridgehead atoms. The highest BCUT2D eigenvalue weighted by Crippen LogP contribution is 2.39. The van der Waals surface area contributed by atoms with Crippen LogP contribution in [0.15, 0.2) is 84.7 Å². The monoisotopic (exact) mass is 471 g/mol. The first kappa shape index (κ1) is 24.2. The maximum absolute atomic E-state index is 13.1. The van der Waals surface area contributed by atoms with E-state index in [-0.39, 0.29) is 11.3 Å². The summed E-state index contributed by atoms with van der Waals surface area (Å²) < 4.78 is 5.82. The maximum Gasteiger partial charge on any atom is 0.295 e. The molecule has 1 aliphatic rings. The summed E-state index contributed by atoms with van der Waals surface area (Å²) in [5.41, 5.74) is 2.31. The van der Waals surface area contributed by atoms with Gasteiger partial charge in [-0.15, -0.1) is 0 Å². The van der Waals surface area contributed by atoms with E-state index in [1.807, 2.05) is 49.3 Å². The van der Waals surface area contributed by atoms with E-state index in [1.54, 1.807) is 53.7 Å². The molecule has 0 aliphatic carbocycles. The van der Waals surface area contributed by atoms with E-state index in [2.05, 4.69) is 4.98 Å². The molecule has 3 aromatic rings. The van der Waals surface area contributed by atoms with Gasteiger partial charge in [0.2, 0.25) is 0 Å². The fraction of sp³-hybridized carbons (Fsp3) is 0.250. The van der Waals surface area contributed by atoms with Crippen molar-refractivity contribution in [3.8, 4) is 5.75 Å². The van der Waals surface area contributed by atoms with Crippen LogP contribution in [0.3, 0.4) is 0 Å². The molecule has 35 heavy (non-hydrogen) atoms. The molecule has 2 heterocycles. The highest BCUT2D eigenvalue weighted by molar-refractivity contribution is 6.46. The van der Waals surface area contributed by atoms with Gasteiger partial charge in [-0.25, -0.2) is 0 Å². The second-order valence-corrected chi connectivity index (χ2v) is 8.73. The summed E-state index contributed by atoms with van der Waals surface area (Å²) in [7, 11) is 3.92. The van der Waals surface area contributed by atoms with Gasteiger partial charge < -0.3 is 19.6 Å². The lowest BCUT2D eigenvalue weighted by Crippen LogP contribution is -2.32. The first-order chi connectivity index (χ1) is 17.0. The molecular weight excluding hydrogens is 442 g/mol. The average Bonchev–Trinajstić information content (AvgIpc) is 3.13. The Morgan fingerprint density at radius 1 is 1.00 bits per heavy atom. The van der Waals surface area contributed by atoms with Crippen molar-refractivity contribution in [1.82, 2.24) is 14.8 Å². The first-order valence-electron chi connectivity index (χ1n) is 11.6. The fourth-order valence-corrected chi connectivity index (χ4v) is 4.17. The topological polar surface area (TPSA) is 83.0 Å². The van der Waals surface area contributed by atoms with Crippen LogP contribution in [0.5, 0.6) is 5.75 Å². The molecule has 1 saturated heterocycles. The molecule has 180 valence electrons. The van der Waals surface area contributed by atoms with Crippen LogP contribution in [0, 0.1) is 0 Å². The summed E-state index contributed by atoms with van der Waals surface area (Å²) in [6, 6.07) is 19.6. The Bertz CT molecular complexity index is 1190. The number of hydrogen-bond donors (Lipinski definition) is 1. The Morgan fingerprint density at radius 2 is 1.69 bits per heavy atom. The number of carbonyl (C=O) groups is 2. The summed E-state index contributed by atoms with van der Waals surface area (Å²) in [5, 5.41) is 11.2. The van der Waals surface area contributed by atoms with Gasteiger partial charge in [-0.2, -0.15) is 0 Å². The molecule has 2 aromatic carbocycles. The second-order valence-electron chi connectivity index (χ2n) is 8.73. The van der Waals surface area contributed by atoms with Gasteiger partial charge in [-0.05, 0) is 74.6 Å². The van der Waals surface area contributed by atoms with Crippen molar-refractivity contribution in [2.45, 2.75) is 19.1 Å². The van der Waals surface area contributed by atoms with E-state index in [9.17, 15) is 14.7 Å². The first-order valence-corrected chi connectivity index (χ1v) is 11.6. The summed E-state index contributed by atoms with van der Waals surface area (Å²) in [4.78, 5) is 33.7. The molecule has 7 nitrogen and oxygen atoms in total. The number of ether oxygens (including phenoxy) is 1. The number of Topliss-reactive ketones (excluding diaryl/α,β-unsaturated/α-hetero) is 1. The summed E-state index contributed by atoms with van der Waals surface area (Å²) >= 11 is 0. The van der Waals surface area contributed by atoms with Crippen LogP contribution in [0.4, 0.5) is 0 Å². The minimum Gasteiger partial charge on any atom is -0.507 e. The number of aliphatic hydroxyl groups is 1. The molecule has 4 rings (SSSR count). The highest BCUT2D eigenvalue weighted by atomic mass is 16.5. The molecular formula is C28H29N3O4. The number of nitrogens with zero attached hydrogens (tertiary/aromatic N) is 3. The lowest BCUT2D eigenvalue weighted by Gasteiger charge is -2.25. The summed E-state index contributed by atoms with van der Waals surface area (Å²) in [6.07, 6.45) is 3.94. The zero-order valence-corrected chi connectivity index (χ0v) is 19.9. The van der Waals surface area contributed by atoms with Gasteiger partial charge in [0.05, 0.1) is 11.6 Å². The number of aliphatic hydroxyl groups excluding tert-OH is 1. The van der Waals surface area contributed by atoms with Crippen molar-refractivity contribution in [3.05, 3.63) is 101 Å². The number of carbonyl (C=O) groups excluding carboxylic acids is 2. The molecule has 0 radical (unpaired) electrons. The minimum atomic E-state index is -0.682. The van der Waals surface area contributed by atoms with Crippen molar-refractivity contribution in [2.24, 2.45) is 0 Å². The number of aromatic nitrogens is 1. The minimum absolute atomic E-state index is 0.0870. The van der Waals surface area contributed by atoms with Gasteiger partial charge in [-0.1, -0.05) is 30.3 Å². The van der Waals surface area contributed by atoms with E-state index in [0.717, 1.165) is 17.7 Å². The molecule has 1 amide bonds. The summed E-state index contributed by atoms with van der Waals surface area (Å²) in [5.74, 6) is -0.844. The average molecular weight is 472 g/mol. The predicted octanol–water partition coefficient (Wildman–Crippen LogP) is 4.03. The molecule has 1 atom stereocenters. The fourth-order valence-electron chi connectivity index (χ4n) is 4.17. The van der Waals surface area contributed by atoms with E-state index in [1.165, 1.54) is 0 Å². The number of amides is 1. The zero-order valence-electron chi connectivity index (χ0n) is 19.9. The Labute approximate surface area is 205 Å². The summed E-state index contributed by atoms with van der Waals surface area (Å²) in [6.45, 7) is 1.60. The molecule has 0 spiro atoms. The van der Waals surface area contributed by atoms with Gasteiger partial charge in [0.15, 0.2) is 0 Å². The third-order valence-electron chi connectivity index (χ3n) is 5.94. The Hall–Kier alpha value is -3.97. The Morgan fingerprint density at radius 3 is 2.34 bits per heavy atom. The van der Waals surface area contributed by atoms with Crippen LogP contribution < -0.4 is 4.74 Å². The molecule has 7 heteroatoms. The predicted molar refractivity (Wildman–Crippen MR) is 134 cm³/mol. The molecule has 1 aliphatic heterocycles. The number of likely N-dealkylation sites (tertiary alicyclic amines) is 1. The Balaban J connectivity index is 1.61. The lowest BCUT2D eigenvalue weighted by atomic mass is 9.96. The van der Waals surface area contributed by atoms with Crippen molar-refractivity contribution in [1.29, 1.82) is 0 Å². The van der Waals surface area contributed by atoms with Crippen molar-refractivity contribution in [3.63, 3.8) is 0 Å². The van der Waals surface area contributed by atoms with Crippen molar-refractivity contribution < 1.29 is 19.4 Å². The van der Waals surface area contributed by atoms with E-state index >= 15 is 0 Å². The van der Waals surface area contributed by atoms with Gasteiger partial charge in [0.1, 0.15) is 18.1 Å². The van der Waals surface area contributed by atoms with E-state index < -0.39 is 17.7 Å². The van der Waals surface area contributed by atoms with E-state index in [0.29, 0.717) is 30.9 Å². The van der Waals surface area contributed by atoms with Crippen LogP contribution in [0.25, 0.3) is 5.76 Å². The largest absolute Gasteiger partial charge is 0.507 e. The van der Waals surface area contributed by atoms with Crippen LogP contribution in [0.1, 0.15) is 29.2 Å². The van der Waals surface area contributed by atoms with Gasteiger partial charge in [-0.3, -0.25) is 14.6 Å². The Kier molecular flexibility index (Phi) is 7.57. The number of benzene rings is 2. The number of hydrogen-bond acceptors (Lipinski definition) is 6. The number of pyridine rings is 1. The number of ketones is 1. The van der Waals surface area contributed by atoms with E-state index in [4.69, 9.17) is 4.74 Å². The second kappa shape index (κ2) is 11.0. The van der Waals surface area contributed by atoms with Crippen LogP contribution in [-0.4, -0.2) is 58.8 Å². The van der Waals surface area contributed by atoms with Gasteiger partial charge in [0, 0.05) is 24.5 Å². The zero-order chi connectivity index (χ0) is 24.8. The van der Waals surface area contributed by atoms with Gasteiger partial charge in [0.25, 0.3) is 11.7 Å². The maximum atomic E-state index is 13.1.